The van der Waals surface area contributed by atoms with Crippen LogP contribution in [0.5, 0.6) is 0 Å². The van der Waals surface area contributed by atoms with E-state index in [0.29, 0.717) is 24.1 Å². The van der Waals surface area contributed by atoms with E-state index in [2.05, 4.69) is 17.6 Å². The topological polar surface area (TPSA) is 50.4 Å². The molecule has 2 atom stereocenters. The highest BCUT2D eigenvalue weighted by Crippen LogP contribution is 2.23. The molecule has 20 heavy (non-hydrogen) atoms. The highest BCUT2D eigenvalue weighted by molar-refractivity contribution is 5.99. The Labute approximate surface area is 120 Å². The average molecular weight is 276 g/mol. The van der Waals surface area contributed by atoms with Crippen molar-refractivity contribution in [1.29, 1.82) is 0 Å². The molecule has 1 aromatic carbocycles. The molecular formula is C16H24N2O2. The number of hydrogen-bond donors (Lipinski definition) is 2. The molecule has 1 heterocycles. The summed E-state index contributed by atoms with van der Waals surface area (Å²) in [6.07, 6.45) is 2.33. The van der Waals surface area contributed by atoms with Gasteiger partial charge in [-0.3, -0.25) is 4.79 Å². The molecule has 4 nitrogen and oxygen atoms in total. The van der Waals surface area contributed by atoms with E-state index in [9.17, 15) is 4.79 Å². The molecule has 1 saturated heterocycles. The van der Waals surface area contributed by atoms with E-state index in [4.69, 9.17) is 4.74 Å². The molecule has 0 aliphatic carbocycles. The van der Waals surface area contributed by atoms with E-state index in [0.717, 1.165) is 31.7 Å². The van der Waals surface area contributed by atoms with Crippen LogP contribution in [-0.2, 0) is 4.74 Å². The Morgan fingerprint density at radius 3 is 2.90 bits per heavy atom. The highest BCUT2D eigenvalue weighted by Gasteiger charge is 2.27. The first-order valence-electron chi connectivity index (χ1n) is 7.49. The van der Waals surface area contributed by atoms with Crippen molar-refractivity contribution in [2.45, 2.75) is 32.8 Å². The van der Waals surface area contributed by atoms with Crippen molar-refractivity contribution in [3.05, 3.63) is 29.8 Å². The molecule has 1 fully saturated rings. The number of ether oxygens (including phenoxy) is 1. The maximum atomic E-state index is 12.3. The Bertz CT molecular complexity index is 448. The SMILES string of the molecule is CCNc1ccccc1C(=O)NCC1CCOC1CC. The van der Waals surface area contributed by atoms with Crippen LogP contribution in [0.1, 0.15) is 37.0 Å². The van der Waals surface area contributed by atoms with Crippen LogP contribution in [0, 0.1) is 5.92 Å². The van der Waals surface area contributed by atoms with Gasteiger partial charge in [0.05, 0.1) is 11.7 Å². The average Bonchev–Trinajstić information content (AvgIpc) is 2.93. The van der Waals surface area contributed by atoms with Gasteiger partial charge in [-0.25, -0.2) is 0 Å². The molecule has 110 valence electrons. The molecule has 4 heteroatoms. The Morgan fingerprint density at radius 2 is 2.15 bits per heavy atom. The van der Waals surface area contributed by atoms with Crippen LogP contribution in [0.4, 0.5) is 5.69 Å². The predicted octanol–water partition coefficient (Wildman–Crippen LogP) is 2.66. The lowest BCUT2D eigenvalue weighted by Gasteiger charge is -2.18. The second-order valence-corrected chi connectivity index (χ2v) is 5.15. The van der Waals surface area contributed by atoms with Gasteiger partial charge in [-0.05, 0) is 31.9 Å². The molecule has 1 aliphatic heterocycles. The van der Waals surface area contributed by atoms with Crippen molar-refractivity contribution < 1.29 is 9.53 Å². The number of benzene rings is 1. The summed E-state index contributed by atoms with van der Waals surface area (Å²) in [4.78, 5) is 12.3. The summed E-state index contributed by atoms with van der Waals surface area (Å²) < 4.78 is 5.65. The van der Waals surface area contributed by atoms with Crippen LogP contribution in [0.3, 0.4) is 0 Å². The fraction of sp³-hybridized carbons (Fsp3) is 0.562. The standard InChI is InChI=1S/C16H24N2O2/c1-3-15-12(9-10-20-15)11-18-16(19)13-7-5-6-8-14(13)17-4-2/h5-8,12,15,17H,3-4,9-11H2,1-2H3,(H,18,19). The summed E-state index contributed by atoms with van der Waals surface area (Å²) in [6.45, 7) is 6.46. The monoisotopic (exact) mass is 276 g/mol. The van der Waals surface area contributed by atoms with Gasteiger partial charge in [-0.2, -0.15) is 0 Å². The summed E-state index contributed by atoms with van der Waals surface area (Å²) in [6, 6.07) is 7.62. The van der Waals surface area contributed by atoms with Crippen LogP contribution >= 0.6 is 0 Å². The van der Waals surface area contributed by atoms with E-state index >= 15 is 0 Å². The first-order valence-corrected chi connectivity index (χ1v) is 7.49. The van der Waals surface area contributed by atoms with Gasteiger partial charge >= 0.3 is 0 Å². The zero-order chi connectivity index (χ0) is 14.4. The molecular weight excluding hydrogens is 252 g/mol. The van der Waals surface area contributed by atoms with E-state index in [1.54, 1.807) is 0 Å². The number of carbonyl (C=O) groups excluding carboxylic acids is 1. The van der Waals surface area contributed by atoms with E-state index < -0.39 is 0 Å². The van der Waals surface area contributed by atoms with Crippen molar-refractivity contribution in [3.8, 4) is 0 Å². The molecule has 2 rings (SSSR count). The molecule has 0 bridgehead atoms. The Balaban J connectivity index is 1.95. The van der Waals surface area contributed by atoms with Crippen molar-refractivity contribution in [3.63, 3.8) is 0 Å². The Hall–Kier alpha value is -1.55. The number of carbonyl (C=O) groups is 1. The minimum Gasteiger partial charge on any atom is -0.385 e. The fourth-order valence-electron chi connectivity index (χ4n) is 2.72. The maximum absolute atomic E-state index is 12.3. The lowest BCUT2D eigenvalue weighted by Crippen LogP contribution is -2.33. The van der Waals surface area contributed by atoms with Gasteiger partial charge in [0.2, 0.25) is 0 Å². The molecule has 0 spiro atoms. The van der Waals surface area contributed by atoms with Crippen molar-refractivity contribution in [2.75, 3.05) is 25.0 Å². The van der Waals surface area contributed by atoms with Gasteiger partial charge in [0.15, 0.2) is 0 Å². The number of hydrogen-bond acceptors (Lipinski definition) is 3. The van der Waals surface area contributed by atoms with E-state index in [-0.39, 0.29) is 5.91 Å². The molecule has 1 aliphatic rings. The highest BCUT2D eigenvalue weighted by atomic mass is 16.5. The quantitative estimate of drug-likeness (QED) is 0.840. The van der Waals surface area contributed by atoms with Crippen LogP contribution in [0.15, 0.2) is 24.3 Å². The van der Waals surface area contributed by atoms with Gasteiger partial charge in [-0.1, -0.05) is 19.1 Å². The first-order chi connectivity index (χ1) is 9.76. The largest absolute Gasteiger partial charge is 0.385 e. The second kappa shape index (κ2) is 7.29. The Morgan fingerprint density at radius 1 is 1.35 bits per heavy atom. The summed E-state index contributed by atoms with van der Waals surface area (Å²) in [5.41, 5.74) is 1.60. The lowest BCUT2D eigenvalue weighted by molar-refractivity contribution is 0.0827. The molecule has 1 aromatic rings. The first kappa shape index (κ1) is 14.9. The number of para-hydroxylation sites is 1. The number of nitrogens with one attached hydrogen (secondary N) is 2. The third-order valence-electron chi connectivity index (χ3n) is 3.81. The van der Waals surface area contributed by atoms with Gasteiger partial charge in [0, 0.05) is 31.3 Å². The molecule has 0 saturated carbocycles. The molecule has 0 aromatic heterocycles. The fourth-order valence-corrected chi connectivity index (χ4v) is 2.72. The summed E-state index contributed by atoms with van der Waals surface area (Å²) in [5.74, 6) is 0.429. The van der Waals surface area contributed by atoms with Crippen molar-refractivity contribution in [1.82, 2.24) is 5.32 Å². The molecule has 1 amide bonds. The van der Waals surface area contributed by atoms with Gasteiger partial charge in [-0.15, -0.1) is 0 Å². The predicted molar refractivity (Wildman–Crippen MR) is 81.1 cm³/mol. The van der Waals surface area contributed by atoms with E-state index in [1.165, 1.54) is 0 Å². The maximum Gasteiger partial charge on any atom is 0.253 e. The smallest absolute Gasteiger partial charge is 0.253 e. The Kier molecular flexibility index (Phi) is 5.41. The van der Waals surface area contributed by atoms with Gasteiger partial charge < -0.3 is 15.4 Å². The minimum atomic E-state index is -0.0108. The zero-order valence-electron chi connectivity index (χ0n) is 12.3. The zero-order valence-corrected chi connectivity index (χ0v) is 12.3. The van der Waals surface area contributed by atoms with E-state index in [1.807, 2.05) is 31.2 Å². The van der Waals surface area contributed by atoms with Crippen LogP contribution in [0.25, 0.3) is 0 Å². The molecule has 0 radical (unpaired) electrons. The molecule has 2 unspecified atom stereocenters. The lowest BCUT2D eigenvalue weighted by atomic mass is 9.99. The van der Waals surface area contributed by atoms with Crippen LogP contribution in [-0.4, -0.2) is 31.7 Å². The minimum absolute atomic E-state index is 0.0108. The van der Waals surface area contributed by atoms with Crippen molar-refractivity contribution >= 4 is 11.6 Å². The van der Waals surface area contributed by atoms with Crippen molar-refractivity contribution in [2.24, 2.45) is 5.92 Å². The van der Waals surface area contributed by atoms with Gasteiger partial charge in [0.25, 0.3) is 5.91 Å². The third kappa shape index (κ3) is 3.51. The third-order valence-corrected chi connectivity index (χ3v) is 3.81. The molecule has 2 N–H and O–H groups in total. The van der Waals surface area contributed by atoms with Crippen LogP contribution < -0.4 is 10.6 Å². The van der Waals surface area contributed by atoms with Gasteiger partial charge in [0.1, 0.15) is 0 Å². The summed E-state index contributed by atoms with van der Waals surface area (Å²) in [7, 11) is 0. The summed E-state index contributed by atoms with van der Waals surface area (Å²) in [5, 5.41) is 6.26. The number of rotatable bonds is 6. The van der Waals surface area contributed by atoms with Crippen LogP contribution in [0.2, 0.25) is 0 Å². The number of amides is 1. The summed E-state index contributed by atoms with van der Waals surface area (Å²) >= 11 is 0. The number of anilines is 1. The second-order valence-electron chi connectivity index (χ2n) is 5.15. The normalized spacial score (nSPS) is 21.7.